The van der Waals surface area contributed by atoms with E-state index in [9.17, 15) is 9.59 Å². The average Bonchev–Trinajstić information content (AvgIpc) is 2.96. The molecule has 2 aromatic rings. The molecule has 0 saturated carbocycles. The first-order chi connectivity index (χ1) is 11.0. The van der Waals surface area contributed by atoms with Gasteiger partial charge in [0.25, 0.3) is 5.91 Å². The Morgan fingerprint density at radius 1 is 1.30 bits per heavy atom. The number of halogens is 1. The van der Waals surface area contributed by atoms with Crippen molar-refractivity contribution in [3.05, 3.63) is 56.7 Å². The van der Waals surface area contributed by atoms with Gasteiger partial charge in [0.2, 0.25) is 0 Å². The van der Waals surface area contributed by atoms with E-state index in [1.807, 2.05) is 11.4 Å². The fraction of sp³-hybridized carbons (Fsp3) is 0.176. The average molecular weight is 394 g/mol. The number of carbonyl (C=O) groups is 2. The van der Waals surface area contributed by atoms with Crippen molar-refractivity contribution in [2.75, 3.05) is 20.7 Å². The highest BCUT2D eigenvalue weighted by Crippen LogP contribution is 2.21. The number of likely N-dealkylation sites (N-methyl/N-ethyl adjacent to an activating group) is 1. The lowest BCUT2D eigenvalue weighted by Gasteiger charge is -2.11. The lowest BCUT2D eigenvalue weighted by molar-refractivity contribution is -0.130. The molecule has 0 unspecified atom stereocenters. The summed E-state index contributed by atoms with van der Waals surface area (Å²) in [6, 6.07) is 8.76. The van der Waals surface area contributed by atoms with Crippen LogP contribution in [0.4, 0.5) is 0 Å². The fourth-order valence-electron chi connectivity index (χ4n) is 1.68. The van der Waals surface area contributed by atoms with E-state index in [1.54, 1.807) is 55.8 Å². The van der Waals surface area contributed by atoms with Gasteiger partial charge in [0.1, 0.15) is 5.75 Å². The molecule has 0 aliphatic carbocycles. The van der Waals surface area contributed by atoms with Crippen LogP contribution < -0.4 is 4.74 Å². The van der Waals surface area contributed by atoms with Crippen LogP contribution in [0.15, 0.2) is 46.3 Å². The van der Waals surface area contributed by atoms with Crippen LogP contribution in [0.2, 0.25) is 0 Å². The molecule has 1 aromatic heterocycles. The zero-order chi connectivity index (χ0) is 16.8. The third-order valence-electron chi connectivity index (χ3n) is 2.97. The maximum absolute atomic E-state index is 12.2. The molecule has 1 heterocycles. The summed E-state index contributed by atoms with van der Waals surface area (Å²) in [5.41, 5.74) is 0.520. The molecule has 120 valence electrons. The summed E-state index contributed by atoms with van der Waals surface area (Å²) >= 11 is 4.93. The Hall–Kier alpha value is -1.92. The van der Waals surface area contributed by atoms with Gasteiger partial charge in [-0.25, -0.2) is 0 Å². The molecular formula is C17H16BrNO3S. The van der Waals surface area contributed by atoms with Gasteiger partial charge >= 0.3 is 0 Å². The van der Waals surface area contributed by atoms with Crippen LogP contribution in [0.5, 0.6) is 5.75 Å². The first kappa shape index (κ1) is 17.4. The van der Waals surface area contributed by atoms with E-state index in [-0.39, 0.29) is 18.3 Å². The molecule has 1 amide bonds. The first-order valence-corrected chi connectivity index (χ1v) is 8.52. The van der Waals surface area contributed by atoms with Gasteiger partial charge in [0.15, 0.2) is 12.4 Å². The van der Waals surface area contributed by atoms with Gasteiger partial charge < -0.3 is 9.64 Å². The molecule has 0 spiro atoms. The highest BCUT2D eigenvalue weighted by molar-refractivity contribution is 9.10. The summed E-state index contributed by atoms with van der Waals surface area (Å²) in [6.07, 6.45) is 3.31. The molecule has 23 heavy (non-hydrogen) atoms. The Morgan fingerprint density at radius 2 is 2.09 bits per heavy atom. The summed E-state index contributed by atoms with van der Waals surface area (Å²) in [4.78, 5) is 26.2. The zero-order valence-electron chi connectivity index (χ0n) is 12.8. The van der Waals surface area contributed by atoms with E-state index < -0.39 is 0 Å². The summed E-state index contributed by atoms with van der Waals surface area (Å²) in [5, 5.41) is 1.96. The summed E-state index contributed by atoms with van der Waals surface area (Å²) in [5.74, 6) is 0.252. The number of benzene rings is 1. The van der Waals surface area contributed by atoms with E-state index in [0.717, 1.165) is 9.35 Å². The Labute approximate surface area is 147 Å². The van der Waals surface area contributed by atoms with E-state index in [1.165, 1.54) is 11.0 Å². The minimum absolute atomic E-state index is 0.0519. The minimum atomic E-state index is -0.134. The predicted octanol–water partition coefficient (Wildman–Crippen LogP) is 3.87. The predicted molar refractivity (Wildman–Crippen MR) is 96.0 cm³/mol. The summed E-state index contributed by atoms with van der Waals surface area (Å²) in [7, 11) is 3.33. The number of amides is 1. The van der Waals surface area contributed by atoms with Crippen LogP contribution in [0.1, 0.15) is 15.2 Å². The largest absolute Gasteiger partial charge is 0.484 e. The van der Waals surface area contributed by atoms with Crippen LogP contribution in [-0.4, -0.2) is 37.3 Å². The second-order valence-electron chi connectivity index (χ2n) is 4.97. The minimum Gasteiger partial charge on any atom is -0.484 e. The number of allylic oxidation sites excluding steroid dienone is 1. The zero-order valence-corrected chi connectivity index (χ0v) is 15.2. The van der Waals surface area contributed by atoms with Gasteiger partial charge in [0.05, 0.1) is 0 Å². The van der Waals surface area contributed by atoms with Crippen molar-refractivity contribution in [2.24, 2.45) is 0 Å². The monoisotopic (exact) mass is 393 g/mol. The Bertz CT molecular complexity index is 737. The van der Waals surface area contributed by atoms with Gasteiger partial charge in [0, 0.05) is 34.4 Å². The smallest absolute Gasteiger partial charge is 0.259 e. The Balaban J connectivity index is 2.02. The maximum Gasteiger partial charge on any atom is 0.259 e. The quantitative estimate of drug-likeness (QED) is 0.552. The molecule has 1 aromatic carbocycles. The molecule has 6 heteroatoms. The number of ketones is 1. The van der Waals surface area contributed by atoms with E-state index >= 15 is 0 Å². The lowest BCUT2D eigenvalue weighted by Crippen LogP contribution is -2.27. The number of carbonyl (C=O) groups excluding carboxylic acids is 2. The van der Waals surface area contributed by atoms with Crippen molar-refractivity contribution >= 4 is 45.0 Å². The molecule has 0 aliphatic heterocycles. The number of nitrogens with zero attached hydrogens (tertiary/aromatic N) is 1. The normalized spacial score (nSPS) is 10.7. The standard InChI is InChI=1S/C17H16BrNO3S/c1-19(2)17(21)10-22-14-5-3-4-12(8-14)16(20)7-6-15-9-13(18)11-23-15/h3-9,11H,10H2,1-2H3/b7-6+. The molecule has 0 radical (unpaired) electrons. The van der Waals surface area contributed by atoms with E-state index in [2.05, 4.69) is 15.9 Å². The van der Waals surface area contributed by atoms with Crippen molar-refractivity contribution < 1.29 is 14.3 Å². The molecule has 0 fully saturated rings. The van der Waals surface area contributed by atoms with E-state index in [4.69, 9.17) is 4.74 Å². The summed E-state index contributed by atoms with van der Waals surface area (Å²) in [6.45, 7) is -0.0519. The topological polar surface area (TPSA) is 46.6 Å². The van der Waals surface area contributed by atoms with Crippen LogP contribution >= 0.6 is 27.3 Å². The number of rotatable bonds is 6. The highest BCUT2D eigenvalue weighted by Gasteiger charge is 2.07. The van der Waals surface area contributed by atoms with Crippen LogP contribution in [-0.2, 0) is 4.79 Å². The molecule has 0 aliphatic rings. The van der Waals surface area contributed by atoms with Gasteiger partial charge in [-0.1, -0.05) is 12.1 Å². The SMILES string of the molecule is CN(C)C(=O)COc1cccc(C(=O)/C=C/c2cc(Br)cs2)c1. The van der Waals surface area contributed by atoms with Crippen molar-refractivity contribution in [1.82, 2.24) is 4.90 Å². The van der Waals surface area contributed by atoms with Gasteiger partial charge in [-0.05, 0) is 46.3 Å². The number of ether oxygens (including phenoxy) is 1. The van der Waals surface area contributed by atoms with Crippen molar-refractivity contribution in [2.45, 2.75) is 0 Å². The number of thiophene rings is 1. The molecule has 0 atom stereocenters. The van der Waals surface area contributed by atoms with Crippen LogP contribution in [0.3, 0.4) is 0 Å². The van der Waals surface area contributed by atoms with Gasteiger partial charge in [-0.2, -0.15) is 0 Å². The van der Waals surface area contributed by atoms with Gasteiger partial charge in [-0.3, -0.25) is 9.59 Å². The van der Waals surface area contributed by atoms with Crippen molar-refractivity contribution in [3.8, 4) is 5.75 Å². The molecular weight excluding hydrogens is 378 g/mol. The first-order valence-electron chi connectivity index (χ1n) is 6.85. The highest BCUT2D eigenvalue weighted by atomic mass is 79.9. The van der Waals surface area contributed by atoms with Crippen molar-refractivity contribution in [1.29, 1.82) is 0 Å². The molecule has 2 rings (SSSR count). The second-order valence-corrected chi connectivity index (χ2v) is 6.83. The van der Waals surface area contributed by atoms with E-state index in [0.29, 0.717) is 11.3 Å². The third kappa shape index (κ3) is 5.33. The fourth-order valence-corrected chi connectivity index (χ4v) is 3.02. The second kappa shape index (κ2) is 8.08. The van der Waals surface area contributed by atoms with Crippen molar-refractivity contribution in [3.63, 3.8) is 0 Å². The summed E-state index contributed by atoms with van der Waals surface area (Å²) < 4.78 is 6.41. The molecule has 4 nitrogen and oxygen atoms in total. The molecule has 0 saturated heterocycles. The molecule has 0 N–H and O–H groups in total. The lowest BCUT2D eigenvalue weighted by atomic mass is 10.1. The number of hydrogen-bond acceptors (Lipinski definition) is 4. The van der Waals surface area contributed by atoms with Gasteiger partial charge in [-0.15, -0.1) is 11.3 Å². The van der Waals surface area contributed by atoms with Crippen LogP contribution in [0.25, 0.3) is 6.08 Å². The third-order valence-corrected chi connectivity index (χ3v) is 4.63. The maximum atomic E-state index is 12.2. The Kier molecular flexibility index (Phi) is 6.12. The Morgan fingerprint density at radius 3 is 2.74 bits per heavy atom. The number of hydrogen-bond donors (Lipinski definition) is 0. The van der Waals surface area contributed by atoms with Crippen LogP contribution in [0, 0.1) is 0 Å². The molecule has 0 bridgehead atoms.